The molecule has 0 aliphatic carbocycles. The van der Waals surface area contributed by atoms with Crippen molar-refractivity contribution in [3.05, 3.63) is 88.9 Å². The molecule has 0 atom stereocenters. The van der Waals surface area contributed by atoms with Gasteiger partial charge in [0, 0.05) is 43.1 Å². The number of anilines is 2. The Balaban J connectivity index is 1.51. The first-order chi connectivity index (χ1) is 16.3. The lowest BCUT2D eigenvalue weighted by Gasteiger charge is -2.35. The molecule has 2 amide bonds. The van der Waals surface area contributed by atoms with Crippen LogP contribution in [0.2, 0.25) is 5.02 Å². The quantitative estimate of drug-likeness (QED) is 0.542. The third-order valence-electron chi connectivity index (χ3n) is 5.59. The predicted molar refractivity (Wildman–Crippen MR) is 132 cm³/mol. The van der Waals surface area contributed by atoms with E-state index in [0.717, 1.165) is 5.69 Å². The van der Waals surface area contributed by atoms with Gasteiger partial charge < -0.3 is 16.0 Å². The predicted octanol–water partition coefficient (Wildman–Crippen LogP) is 3.20. The zero-order valence-corrected chi connectivity index (χ0v) is 19.7. The molecule has 4 rings (SSSR count). The van der Waals surface area contributed by atoms with Crippen molar-refractivity contribution in [3.8, 4) is 0 Å². The second kappa shape index (κ2) is 9.84. The number of halogens is 1. The molecule has 0 radical (unpaired) electrons. The number of primary amides is 1. The normalized spacial score (nSPS) is 14.6. The Morgan fingerprint density at radius 2 is 1.59 bits per heavy atom. The monoisotopic (exact) mass is 498 g/mol. The minimum absolute atomic E-state index is 0.00939. The first kappa shape index (κ1) is 23.7. The maximum absolute atomic E-state index is 13.3. The minimum Gasteiger partial charge on any atom is -0.369 e. The van der Waals surface area contributed by atoms with Crippen LogP contribution >= 0.6 is 11.6 Å². The van der Waals surface area contributed by atoms with E-state index in [1.807, 2.05) is 30.3 Å². The number of benzene rings is 3. The minimum atomic E-state index is -3.82. The number of nitrogens with two attached hydrogens (primary N) is 1. The number of rotatable bonds is 6. The summed E-state index contributed by atoms with van der Waals surface area (Å²) in [5, 5.41) is 2.74. The van der Waals surface area contributed by atoms with E-state index in [1.165, 1.54) is 34.6 Å². The van der Waals surface area contributed by atoms with E-state index < -0.39 is 21.8 Å². The summed E-state index contributed by atoms with van der Waals surface area (Å²) in [6.45, 7) is 1.75. The standard InChI is InChI=1S/C24H23ClN4O4S/c25-22-10-9-20(16-21(22)24(31)27-18-6-4-5-17(15-18)23(26)30)34(32,33)29-13-11-28(12-14-29)19-7-2-1-3-8-19/h1-10,15-16H,11-14H2,(H2,26,30)(H,27,31). The van der Waals surface area contributed by atoms with Crippen molar-refractivity contribution in [1.82, 2.24) is 4.31 Å². The van der Waals surface area contributed by atoms with Crippen LogP contribution < -0.4 is 16.0 Å². The topological polar surface area (TPSA) is 113 Å². The highest BCUT2D eigenvalue weighted by atomic mass is 35.5. The fourth-order valence-corrected chi connectivity index (χ4v) is 5.41. The number of nitrogens with one attached hydrogen (secondary N) is 1. The summed E-state index contributed by atoms with van der Waals surface area (Å²) in [7, 11) is -3.82. The van der Waals surface area contributed by atoms with Gasteiger partial charge in [0.2, 0.25) is 15.9 Å². The van der Waals surface area contributed by atoms with Crippen molar-refractivity contribution < 1.29 is 18.0 Å². The summed E-state index contributed by atoms with van der Waals surface area (Å²) >= 11 is 6.21. The molecule has 0 bridgehead atoms. The van der Waals surface area contributed by atoms with Gasteiger partial charge in [0.25, 0.3) is 5.91 Å². The van der Waals surface area contributed by atoms with Crippen LogP contribution in [0.5, 0.6) is 0 Å². The van der Waals surface area contributed by atoms with E-state index in [4.69, 9.17) is 17.3 Å². The van der Waals surface area contributed by atoms with Crippen LogP contribution in [-0.2, 0) is 10.0 Å². The third kappa shape index (κ3) is 5.06. The number of hydrogen-bond donors (Lipinski definition) is 2. The van der Waals surface area contributed by atoms with Crippen LogP contribution in [0.4, 0.5) is 11.4 Å². The van der Waals surface area contributed by atoms with E-state index in [2.05, 4.69) is 10.2 Å². The highest BCUT2D eigenvalue weighted by Gasteiger charge is 2.29. The lowest BCUT2D eigenvalue weighted by Crippen LogP contribution is -2.48. The Morgan fingerprint density at radius 1 is 0.882 bits per heavy atom. The fourth-order valence-electron chi connectivity index (χ4n) is 3.76. The number of sulfonamides is 1. The van der Waals surface area contributed by atoms with Gasteiger partial charge in [-0.05, 0) is 48.5 Å². The SMILES string of the molecule is NC(=O)c1cccc(NC(=O)c2cc(S(=O)(=O)N3CCN(c4ccccc4)CC3)ccc2Cl)c1. The van der Waals surface area contributed by atoms with Crippen molar-refractivity contribution in [3.63, 3.8) is 0 Å². The molecule has 3 aromatic carbocycles. The van der Waals surface area contributed by atoms with Gasteiger partial charge in [-0.1, -0.05) is 35.9 Å². The number of amides is 2. The Bertz CT molecular complexity index is 1320. The molecule has 1 aliphatic heterocycles. The van der Waals surface area contributed by atoms with E-state index >= 15 is 0 Å². The highest BCUT2D eigenvalue weighted by molar-refractivity contribution is 7.89. The van der Waals surface area contributed by atoms with Gasteiger partial charge in [-0.25, -0.2) is 8.42 Å². The molecule has 1 fully saturated rings. The van der Waals surface area contributed by atoms with Gasteiger partial charge in [-0.3, -0.25) is 9.59 Å². The highest BCUT2D eigenvalue weighted by Crippen LogP contribution is 2.26. The number of nitrogens with zero attached hydrogens (tertiary/aromatic N) is 2. The Kier molecular flexibility index (Phi) is 6.87. The maximum atomic E-state index is 13.3. The van der Waals surface area contributed by atoms with Gasteiger partial charge in [0.05, 0.1) is 15.5 Å². The summed E-state index contributed by atoms with van der Waals surface area (Å²) < 4.78 is 28.0. The second-order valence-corrected chi connectivity index (χ2v) is 10.1. The number of carbonyl (C=O) groups excluding carboxylic acids is 2. The van der Waals surface area contributed by atoms with Crippen LogP contribution in [0.3, 0.4) is 0 Å². The maximum Gasteiger partial charge on any atom is 0.257 e. The lowest BCUT2D eigenvalue weighted by molar-refractivity contribution is 0.0996. The van der Waals surface area contributed by atoms with Crippen molar-refractivity contribution in [1.29, 1.82) is 0 Å². The molecule has 0 saturated carbocycles. The largest absolute Gasteiger partial charge is 0.369 e. The molecule has 3 aromatic rings. The lowest BCUT2D eigenvalue weighted by atomic mass is 10.1. The molecular formula is C24H23ClN4O4S. The average molecular weight is 499 g/mol. The molecule has 0 spiro atoms. The molecule has 1 heterocycles. The van der Waals surface area contributed by atoms with Crippen LogP contribution in [0.1, 0.15) is 20.7 Å². The van der Waals surface area contributed by atoms with Crippen LogP contribution in [0.25, 0.3) is 0 Å². The number of piperazine rings is 1. The van der Waals surface area contributed by atoms with Crippen LogP contribution in [-0.4, -0.2) is 50.7 Å². The molecule has 176 valence electrons. The summed E-state index contributed by atoms with van der Waals surface area (Å²) in [4.78, 5) is 26.3. The van der Waals surface area contributed by atoms with Crippen LogP contribution in [0.15, 0.2) is 77.7 Å². The number of hydrogen-bond acceptors (Lipinski definition) is 5. The first-order valence-corrected chi connectivity index (χ1v) is 12.4. The van der Waals surface area contributed by atoms with Gasteiger partial charge in [0.1, 0.15) is 0 Å². The molecule has 8 nitrogen and oxygen atoms in total. The van der Waals surface area contributed by atoms with E-state index in [-0.39, 0.29) is 21.0 Å². The van der Waals surface area contributed by atoms with Crippen molar-refractivity contribution in [2.75, 3.05) is 36.4 Å². The second-order valence-electron chi connectivity index (χ2n) is 7.77. The molecular weight excluding hydrogens is 476 g/mol. The smallest absolute Gasteiger partial charge is 0.257 e. The Morgan fingerprint density at radius 3 is 2.26 bits per heavy atom. The van der Waals surface area contributed by atoms with Crippen molar-refractivity contribution in [2.24, 2.45) is 5.73 Å². The summed E-state index contributed by atoms with van der Waals surface area (Å²) in [6, 6.07) is 20.0. The number of carbonyl (C=O) groups is 2. The molecule has 3 N–H and O–H groups in total. The van der Waals surface area contributed by atoms with Crippen molar-refractivity contribution in [2.45, 2.75) is 4.90 Å². The van der Waals surface area contributed by atoms with E-state index in [1.54, 1.807) is 12.1 Å². The molecule has 0 unspecified atom stereocenters. The molecule has 34 heavy (non-hydrogen) atoms. The van der Waals surface area contributed by atoms with E-state index in [9.17, 15) is 18.0 Å². The van der Waals surface area contributed by atoms with E-state index in [0.29, 0.717) is 31.9 Å². The molecule has 1 aliphatic rings. The van der Waals surface area contributed by atoms with Crippen molar-refractivity contribution >= 4 is 44.8 Å². The zero-order chi connectivity index (χ0) is 24.3. The fraction of sp³-hybridized carbons (Fsp3) is 0.167. The Hall–Kier alpha value is -3.40. The molecule has 0 aromatic heterocycles. The molecule has 10 heteroatoms. The summed E-state index contributed by atoms with van der Waals surface area (Å²) in [6.07, 6.45) is 0. The third-order valence-corrected chi connectivity index (χ3v) is 7.81. The first-order valence-electron chi connectivity index (χ1n) is 10.6. The van der Waals surface area contributed by atoms with Gasteiger partial charge in [-0.2, -0.15) is 4.31 Å². The zero-order valence-electron chi connectivity index (χ0n) is 18.1. The summed E-state index contributed by atoms with van der Waals surface area (Å²) in [5.74, 6) is -1.23. The average Bonchev–Trinajstić information content (AvgIpc) is 2.85. The molecule has 1 saturated heterocycles. The summed E-state index contributed by atoms with van der Waals surface area (Å²) in [5.41, 5.74) is 6.91. The van der Waals surface area contributed by atoms with Gasteiger partial charge in [-0.15, -0.1) is 0 Å². The number of para-hydroxylation sites is 1. The van der Waals surface area contributed by atoms with Gasteiger partial charge in [0.15, 0.2) is 0 Å². The van der Waals surface area contributed by atoms with Crippen LogP contribution in [0, 0.1) is 0 Å². The van der Waals surface area contributed by atoms with Gasteiger partial charge >= 0.3 is 0 Å². The Labute approximate surface area is 203 Å².